The highest BCUT2D eigenvalue weighted by molar-refractivity contribution is 5.41. The normalized spacial score (nSPS) is 19.0. The number of nitrogens with zero attached hydrogens (tertiary/aromatic N) is 2. The Morgan fingerprint density at radius 3 is 2.82 bits per heavy atom. The third-order valence-corrected chi connectivity index (χ3v) is 3.35. The average molecular weight is 236 g/mol. The molecule has 0 spiro atoms. The summed E-state index contributed by atoms with van der Waals surface area (Å²) in [7, 11) is 2.06. The molecule has 0 radical (unpaired) electrons. The van der Waals surface area contributed by atoms with Crippen molar-refractivity contribution >= 4 is 5.82 Å². The van der Waals surface area contributed by atoms with Crippen molar-refractivity contribution in [2.75, 3.05) is 25.2 Å². The number of aliphatic hydroxyl groups excluding tert-OH is 1. The topological polar surface area (TPSA) is 45.6 Å². The molecule has 1 saturated heterocycles. The lowest BCUT2D eigenvalue weighted by atomic mass is 10.1. The van der Waals surface area contributed by atoms with Crippen LogP contribution in [-0.2, 0) is 4.74 Å². The van der Waals surface area contributed by atoms with Gasteiger partial charge in [0.1, 0.15) is 5.82 Å². The van der Waals surface area contributed by atoms with E-state index in [1.165, 1.54) is 0 Å². The van der Waals surface area contributed by atoms with Gasteiger partial charge in [-0.15, -0.1) is 0 Å². The fourth-order valence-corrected chi connectivity index (χ4v) is 2.15. The van der Waals surface area contributed by atoms with E-state index < -0.39 is 6.10 Å². The van der Waals surface area contributed by atoms with Crippen LogP contribution in [0.4, 0.5) is 5.82 Å². The molecule has 4 nitrogen and oxygen atoms in total. The molecule has 1 fully saturated rings. The van der Waals surface area contributed by atoms with Crippen LogP contribution in [0, 0.1) is 0 Å². The number of rotatable bonds is 3. The number of pyridine rings is 1. The molecule has 1 aliphatic heterocycles. The number of hydrogen-bond acceptors (Lipinski definition) is 4. The maximum atomic E-state index is 9.57. The average Bonchev–Trinajstić information content (AvgIpc) is 2.39. The SMILES string of the molecule is C[C@H](O)c1ccnc(N(C)C2CCOCC2)c1. The fraction of sp³-hybridized carbons (Fsp3) is 0.615. The molecule has 1 aromatic rings. The molecule has 1 atom stereocenters. The third kappa shape index (κ3) is 2.96. The van der Waals surface area contributed by atoms with Gasteiger partial charge in [-0.1, -0.05) is 0 Å². The summed E-state index contributed by atoms with van der Waals surface area (Å²) in [5.74, 6) is 0.926. The molecule has 0 aromatic carbocycles. The summed E-state index contributed by atoms with van der Waals surface area (Å²) in [6, 6.07) is 4.30. The largest absolute Gasteiger partial charge is 0.389 e. The molecule has 0 unspecified atom stereocenters. The van der Waals surface area contributed by atoms with E-state index in [4.69, 9.17) is 4.74 Å². The van der Waals surface area contributed by atoms with Gasteiger partial charge >= 0.3 is 0 Å². The molecular weight excluding hydrogens is 216 g/mol. The van der Waals surface area contributed by atoms with Gasteiger partial charge in [0.25, 0.3) is 0 Å². The van der Waals surface area contributed by atoms with Gasteiger partial charge in [-0.2, -0.15) is 0 Å². The molecule has 0 bridgehead atoms. The van der Waals surface area contributed by atoms with Crippen LogP contribution in [0.2, 0.25) is 0 Å². The summed E-state index contributed by atoms with van der Waals surface area (Å²) in [6.07, 6.45) is 3.39. The highest BCUT2D eigenvalue weighted by Gasteiger charge is 2.19. The van der Waals surface area contributed by atoms with Gasteiger partial charge < -0.3 is 14.7 Å². The monoisotopic (exact) mass is 236 g/mol. The van der Waals surface area contributed by atoms with Crippen LogP contribution in [0.25, 0.3) is 0 Å². The van der Waals surface area contributed by atoms with Gasteiger partial charge in [0.15, 0.2) is 0 Å². The highest BCUT2D eigenvalue weighted by atomic mass is 16.5. The summed E-state index contributed by atoms with van der Waals surface area (Å²) >= 11 is 0. The second-order valence-electron chi connectivity index (χ2n) is 4.58. The first-order chi connectivity index (χ1) is 8.18. The van der Waals surface area contributed by atoms with E-state index in [-0.39, 0.29) is 0 Å². The molecule has 1 aromatic heterocycles. The van der Waals surface area contributed by atoms with E-state index in [0.29, 0.717) is 6.04 Å². The van der Waals surface area contributed by atoms with Crippen molar-refractivity contribution in [3.8, 4) is 0 Å². The molecule has 2 rings (SSSR count). The van der Waals surface area contributed by atoms with Crippen LogP contribution in [0.5, 0.6) is 0 Å². The lowest BCUT2D eigenvalue weighted by Gasteiger charge is -2.32. The van der Waals surface area contributed by atoms with Gasteiger partial charge in [-0.05, 0) is 37.5 Å². The molecule has 1 aliphatic rings. The minimum Gasteiger partial charge on any atom is -0.389 e. The molecule has 0 aliphatic carbocycles. The Labute approximate surface area is 102 Å². The Kier molecular flexibility index (Phi) is 3.97. The smallest absolute Gasteiger partial charge is 0.128 e. The van der Waals surface area contributed by atoms with Gasteiger partial charge in [0.2, 0.25) is 0 Å². The van der Waals surface area contributed by atoms with Crippen molar-refractivity contribution in [1.82, 2.24) is 4.98 Å². The van der Waals surface area contributed by atoms with Crippen molar-refractivity contribution in [3.63, 3.8) is 0 Å². The van der Waals surface area contributed by atoms with Gasteiger partial charge in [-0.3, -0.25) is 0 Å². The van der Waals surface area contributed by atoms with E-state index >= 15 is 0 Å². The van der Waals surface area contributed by atoms with Crippen LogP contribution in [0.15, 0.2) is 18.3 Å². The minimum atomic E-state index is -0.445. The van der Waals surface area contributed by atoms with Crippen molar-refractivity contribution in [1.29, 1.82) is 0 Å². The van der Waals surface area contributed by atoms with Gasteiger partial charge in [-0.25, -0.2) is 4.98 Å². The molecule has 4 heteroatoms. The summed E-state index contributed by atoms with van der Waals surface area (Å²) in [4.78, 5) is 6.56. The number of aromatic nitrogens is 1. The summed E-state index contributed by atoms with van der Waals surface area (Å²) in [5.41, 5.74) is 0.911. The Morgan fingerprint density at radius 2 is 2.18 bits per heavy atom. The predicted octanol–water partition coefficient (Wildman–Crippen LogP) is 1.75. The summed E-state index contributed by atoms with van der Waals surface area (Å²) in [5, 5.41) is 9.57. The molecule has 94 valence electrons. The van der Waals surface area contributed by atoms with Crippen molar-refractivity contribution in [3.05, 3.63) is 23.9 Å². The van der Waals surface area contributed by atoms with Gasteiger partial charge in [0.05, 0.1) is 6.10 Å². The number of hydrogen-bond donors (Lipinski definition) is 1. The predicted molar refractivity (Wildman–Crippen MR) is 67.1 cm³/mol. The van der Waals surface area contributed by atoms with Crippen molar-refractivity contribution < 1.29 is 9.84 Å². The Hall–Kier alpha value is -1.13. The third-order valence-electron chi connectivity index (χ3n) is 3.35. The molecule has 0 amide bonds. The molecule has 2 heterocycles. The maximum absolute atomic E-state index is 9.57. The zero-order chi connectivity index (χ0) is 12.3. The van der Waals surface area contributed by atoms with E-state index in [2.05, 4.69) is 16.9 Å². The first kappa shape index (κ1) is 12.3. The fourth-order valence-electron chi connectivity index (χ4n) is 2.15. The zero-order valence-corrected chi connectivity index (χ0v) is 10.5. The van der Waals surface area contributed by atoms with Crippen molar-refractivity contribution in [2.24, 2.45) is 0 Å². The van der Waals surface area contributed by atoms with Crippen LogP contribution >= 0.6 is 0 Å². The lowest BCUT2D eigenvalue weighted by molar-refractivity contribution is 0.0853. The molecule has 17 heavy (non-hydrogen) atoms. The molecule has 0 saturated carbocycles. The van der Waals surface area contributed by atoms with E-state index in [9.17, 15) is 5.11 Å². The quantitative estimate of drug-likeness (QED) is 0.868. The standard InChI is InChI=1S/C13H20N2O2/c1-10(16)11-3-6-14-13(9-11)15(2)12-4-7-17-8-5-12/h3,6,9-10,12,16H,4-5,7-8H2,1-2H3/t10-/m0/s1. The Morgan fingerprint density at radius 1 is 1.47 bits per heavy atom. The Bertz CT molecular complexity index is 362. The number of aliphatic hydroxyl groups is 1. The second kappa shape index (κ2) is 5.47. The van der Waals surface area contributed by atoms with Crippen LogP contribution in [0.3, 0.4) is 0 Å². The van der Waals surface area contributed by atoms with Crippen molar-refractivity contribution in [2.45, 2.75) is 31.9 Å². The number of anilines is 1. The summed E-state index contributed by atoms with van der Waals surface area (Å²) in [6.45, 7) is 3.42. The van der Waals surface area contributed by atoms with Crippen LogP contribution < -0.4 is 4.90 Å². The van der Waals surface area contributed by atoms with Crippen LogP contribution in [0.1, 0.15) is 31.4 Å². The van der Waals surface area contributed by atoms with E-state index in [1.807, 2.05) is 12.1 Å². The maximum Gasteiger partial charge on any atom is 0.128 e. The summed E-state index contributed by atoms with van der Waals surface area (Å²) < 4.78 is 5.36. The van der Waals surface area contributed by atoms with Crippen LogP contribution in [-0.4, -0.2) is 36.4 Å². The number of ether oxygens (including phenoxy) is 1. The Balaban J connectivity index is 2.12. The second-order valence-corrected chi connectivity index (χ2v) is 4.58. The molecule has 1 N–H and O–H groups in total. The van der Waals surface area contributed by atoms with E-state index in [0.717, 1.165) is 37.4 Å². The first-order valence-electron chi connectivity index (χ1n) is 6.13. The van der Waals surface area contributed by atoms with Gasteiger partial charge in [0, 0.05) is 32.5 Å². The zero-order valence-electron chi connectivity index (χ0n) is 10.5. The van der Waals surface area contributed by atoms with E-state index in [1.54, 1.807) is 13.1 Å². The molecular formula is C13H20N2O2. The first-order valence-corrected chi connectivity index (χ1v) is 6.13. The highest BCUT2D eigenvalue weighted by Crippen LogP contribution is 2.22. The lowest BCUT2D eigenvalue weighted by Crippen LogP contribution is -2.37. The minimum absolute atomic E-state index is 0.445.